The molecule has 58 valence electrons. The Bertz CT molecular complexity index is 267. The third-order valence-electron chi connectivity index (χ3n) is 2.36. The Hall–Kier alpha value is -0.820. The van der Waals surface area contributed by atoms with Crippen LogP contribution in [0.5, 0.6) is 0 Å². The van der Waals surface area contributed by atoms with Crippen LogP contribution >= 0.6 is 0 Å². The monoisotopic (exact) mass is 147 g/mol. The fraction of sp³-hybridized carbons (Fsp3) is 0.400. The molecule has 0 spiro atoms. The summed E-state index contributed by atoms with van der Waals surface area (Å²) in [6.07, 6.45) is 0. The van der Waals surface area contributed by atoms with Crippen molar-refractivity contribution in [3.63, 3.8) is 0 Å². The molecular formula is C10H13N. The minimum Gasteiger partial charge on any atom is -0.304 e. The molecule has 0 aromatic heterocycles. The van der Waals surface area contributed by atoms with E-state index in [4.69, 9.17) is 0 Å². The van der Waals surface area contributed by atoms with E-state index >= 15 is 0 Å². The number of rotatable bonds is 1. The fourth-order valence-electron chi connectivity index (χ4n) is 1.52. The van der Waals surface area contributed by atoms with Gasteiger partial charge in [0.05, 0.1) is 0 Å². The van der Waals surface area contributed by atoms with E-state index in [-0.39, 0.29) is 0 Å². The van der Waals surface area contributed by atoms with Crippen LogP contribution in [-0.4, -0.2) is 6.04 Å². The summed E-state index contributed by atoms with van der Waals surface area (Å²) in [4.78, 5) is 0. The molecule has 1 aliphatic rings. The van der Waals surface area contributed by atoms with Crippen molar-refractivity contribution in [2.24, 2.45) is 0 Å². The highest BCUT2D eigenvalue weighted by Gasteiger charge is 2.33. The number of nitrogens with one attached hydrogen (secondary N) is 1. The Balaban J connectivity index is 2.31. The van der Waals surface area contributed by atoms with E-state index in [9.17, 15) is 0 Å². The van der Waals surface area contributed by atoms with Crippen LogP contribution in [0.4, 0.5) is 0 Å². The Morgan fingerprint density at radius 2 is 1.91 bits per heavy atom. The first-order chi connectivity index (χ1) is 5.29. The summed E-state index contributed by atoms with van der Waals surface area (Å²) in [6.45, 7) is 4.39. The van der Waals surface area contributed by atoms with Crippen molar-refractivity contribution in [1.29, 1.82) is 0 Å². The smallest absolute Gasteiger partial charge is 0.0478 e. The Labute approximate surface area is 67.4 Å². The van der Waals surface area contributed by atoms with E-state index in [1.165, 1.54) is 11.1 Å². The fourth-order valence-corrected chi connectivity index (χ4v) is 1.52. The lowest BCUT2D eigenvalue weighted by molar-refractivity contribution is 1.02. The molecule has 0 radical (unpaired) electrons. The first-order valence-electron chi connectivity index (χ1n) is 4.10. The summed E-state index contributed by atoms with van der Waals surface area (Å²) in [5, 5.41) is 3.39. The minimum atomic E-state index is 0.621. The van der Waals surface area contributed by atoms with Crippen LogP contribution in [-0.2, 0) is 0 Å². The molecule has 1 aromatic carbocycles. The van der Waals surface area contributed by atoms with Gasteiger partial charge in [-0.2, -0.15) is 0 Å². The van der Waals surface area contributed by atoms with Gasteiger partial charge >= 0.3 is 0 Å². The lowest BCUT2D eigenvalue weighted by atomic mass is 10.0. The largest absolute Gasteiger partial charge is 0.304 e. The van der Waals surface area contributed by atoms with Crippen LogP contribution in [0.1, 0.15) is 24.1 Å². The molecular weight excluding hydrogens is 134 g/mol. The molecule has 1 nitrogen and oxygen atoms in total. The van der Waals surface area contributed by atoms with Crippen molar-refractivity contribution in [2.75, 3.05) is 0 Å². The van der Waals surface area contributed by atoms with Crippen LogP contribution in [0.25, 0.3) is 0 Å². The summed E-state index contributed by atoms with van der Waals surface area (Å²) >= 11 is 0. The molecule has 1 aliphatic heterocycles. The molecule has 2 rings (SSSR count). The Morgan fingerprint density at radius 1 is 1.27 bits per heavy atom. The number of hydrogen-bond donors (Lipinski definition) is 1. The van der Waals surface area contributed by atoms with Gasteiger partial charge in [-0.1, -0.05) is 24.3 Å². The SMILES string of the molecule is Cc1ccccc1C1NC1C. The van der Waals surface area contributed by atoms with E-state index in [0.717, 1.165) is 0 Å². The molecule has 0 amide bonds. The van der Waals surface area contributed by atoms with Gasteiger partial charge in [0.15, 0.2) is 0 Å². The number of benzene rings is 1. The molecule has 1 aromatic rings. The Morgan fingerprint density at radius 3 is 2.45 bits per heavy atom. The molecule has 1 fully saturated rings. The second-order valence-corrected chi connectivity index (χ2v) is 3.29. The molecule has 0 aliphatic carbocycles. The third kappa shape index (κ3) is 1.16. The molecule has 1 heterocycles. The van der Waals surface area contributed by atoms with Gasteiger partial charge < -0.3 is 5.32 Å². The summed E-state index contributed by atoms with van der Waals surface area (Å²) in [6, 6.07) is 9.87. The summed E-state index contributed by atoms with van der Waals surface area (Å²) < 4.78 is 0. The minimum absolute atomic E-state index is 0.621. The van der Waals surface area contributed by atoms with Gasteiger partial charge in [0, 0.05) is 12.1 Å². The van der Waals surface area contributed by atoms with Gasteiger partial charge in [-0.3, -0.25) is 0 Å². The summed E-state index contributed by atoms with van der Waals surface area (Å²) in [5.74, 6) is 0. The van der Waals surface area contributed by atoms with Crippen molar-refractivity contribution in [2.45, 2.75) is 25.9 Å². The van der Waals surface area contributed by atoms with Crippen molar-refractivity contribution in [3.8, 4) is 0 Å². The van der Waals surface area contributed by atoms with Crippen molar-refractivity contribution < 1.29 is 0 Å². The zero-order valence-corrected chi connectivity index (χ0v) is 6.96. The normalized spacial score (nSPS) is 28.5. The highest BCUT2D eigenvalue weighted by atomic mass is 15.1. The molecule has 2 unspecified atom stereocenters. The first kappa shape index (κ1) is 6.86. The van der Waals surface area contributed by atoms with E-state index in [1.54, 1.807) is 0 Å². The zero-order chi connectivity index (χ0) is 7.84. The van der Waals surface area contributed by atoms with Crippen molar-refractivity contribution in [1.82, 2.24) is 5.32 Å². The maximum atomic E-state index is 3.39. The average molecular weight is 147 g/mol. The molecule has 11 heavy (non-hydrogen) atoms. The molecule has 0 bridgehead atoms. The Kier molecular flexibility index (Phi) is 1.46. The second kappa shape index (κ2) is 2.35. The number of hydrogen-bond acceptors (Lipinski definition) is 1. The highest BCUT2D eigenvalue weighted by Crippen LogP contribution is 2.30. The maximum absolute atomic E-state index is 3.39. The topological polar surface area (TPSA) is 21.9 Å². The highest BCUT2D eigenvalue weighted by molar-refractivity contribution is 5.33. The molecule has 1 heteroatoms. The van der Waals surface area contributed by atoms with Crippen molar-refractivity contribution >= 4 is 0 Å². The van der Waals surface area contributed by atoms with Gasteiger partial charge in [-0.15, -0.1) is 0 Å². The average Bonchev–Trinajstić information content (AvgIpc) is 2.68. The molecule has 0 saturated carbocycles. The summed E-state index contributed by atoms with van der Waals surface area (Å²) in [5.41, 5.74) is 2.86. The van der Waals surface area contributed by atoms with Crippen LogP contribution in [0.2, 0.25) is 0 Å². The van der Waals surface area contributed by atoms with E-state index in [2.05, 4.69) is 43.4 Å². The zero-order valence-electron chi connectivity index (χ0n) is 6.96. The van der Waals surface area contributed by atoms with Gasteiger partial charge in [0.25, 0.3) is 0 Å². The molecule has 1 saturated heterocycles. The third-order valence-corrected chi connectivity index (χ3v) is 2.36. The van der Waals surface area contributed by atoms with Gasteiger partial charge in [0.2, 0.25) is 0 Å². The second-order valence-electron chi connectivity index (χ2n) is 3.29. The van der Waals surface area contributed by atoms with Crippen molar-refractivity contribution in [3.05, 3.63) is 35.4 Å². The maximum Gasteiger partial charge on any atom is 0.0478 e. The first-order valence-corrected chi connectivity index (χ1v) is 4.10. The van der Waals surface area contributed by atoms with E-state index < -0.39 is 0 Å². The van der Waals surface area contributed by atoms with Crippen LogP contribution in [0.15, 0.2) is 24.3 Å². The lowest BCUT2D eigenvalue weighted by Crippen LogP contribution is -1.87. The van der Waals surface area contributed by atoms with Gasteiger partial charge in [-0.05, 0) is 25.0 Å². The van der Waals surface area contributed by atoms with Gasteiger partial charge in [-0.25, -0.2) is 0 Å². The summed E-state index contributed by atoms with van der Waals surface area (Å²) in [7, 11) is 0. The standard InChI is InChI=1S/C10H13N/c1-7-5-3-4-6-9(7)10-8(2)11-10/h3-6,8,10-11H,1-2H3. The van der Waals surface area contributed by atoms with E-state index in [0.29, 0.717) is 12.1 Å². The molecule has 2 atom stereocenters. The van der Waals surface area contributed by atoms with Gasteiger partial charge in [0.1, 0.15) is 0 Å². The van der Waals surface area contributed by atoms with Crippen LogP contribution in [0, 0.1) is 6.92 Å². The predicted octanol–water partition coefficient (Wildman–Crippen LogP) is 2.03. The van der Waals surface area contributed by atoms with Crippen LogP contribution in [0.3, 0.4) is 0 Å². The predicted molar refractivity (Wildman–Crippen MR) is 46.5 cm³/mol. The quantitative estimate of drug-likeness (QED) is 0.603. The molecule has 1 N–H and O–H groups in total. The van der Waals surface area contributed by atoms with Crippen LogP contribution < -0.4 is 5.32 Å². The lowest BCUT2D eigenvalue weighted by Gasteiger charge is -2.00. The van der Waals surface area contributed by atoms with E-state index in [1.807, 2.05) is 0 Å². The number of aryl methyl sites for hydroxylation is 1.